The second-order valence-corrected chi connectivity index (χ2v) is 7.40. The number of Topliss-reactive ketones (excluding diaryl/α,β-unsaturated/α-hetero) is 1. The number of ketones is 1. The van der Waals surface area contributed by atoms with Crippen LogP contribution in [-0.4, -0.2) is 57.1 Å². The third kappa shape index (κ3) is 4.24. The van der Waals surface area contributed by atoms with E-state index in [0.717, 1.165) is 11.4 Å². The highest BCUT2D eigenvalue weighted by molar-refractivity contribution is 8.13. The molecule has 0 unspecified atom stereocenters. The van der Waals surface area contributed by atoms with Crippen LogP contribution >= 0.6 is 11.8 Å². The Kier molecular flexibility index (Phi) is 5.69. The first-order chi connectivity index (χ1) is 12.9. The van der Waals surface area contributed by atoms with E-state index in [1.165, 1.54) is 11.8 Å². The predicted molar refractivity (Wildman–Crippen MR) is 99.4 cm³/mol. The quantitative estimate of drug-likeness (QED) is 0.529. The first kappa shape index (κ1) is 19.2. The van der Waals surface area contributed by atoms with Crippen LogP contribution in [0.15, 0.2) is 16.7 Å². The number of ether oxygens (including phenoxy) is 1. The van der Waals surface area contributed by atoms with E-state index in [1.54, 1.807) is 24.0 Å². The summed E-state index contributed by atoms with van der Waals surface area (Å²) in [6.07, 6.45) is 0.0802. The lowest BCUT2D eigenvalue weighted by molar-refractivity contribution is -0.142. The fourth-order valence-corrected chi connectivity index (χ4v) is 3.86. The van der Waals surface area contributed by atoms with Crippen LogP contribution in [-0.2, 0) is 9.53 Å². The van der Waals surface area contributed by atoms with Crippen molar-refractivity contribution < 1.29 is 23.6 Å². The molecule has 0 aromatic carbocycles. The van der Waals surface area contributed by atoms with Crippen LogP contribution in [0.4, 0.5) is 4.79 Å². The van der Waals surface area contributed by atoms with E-state index in [1.807, 2.05) is 18.4 Å². The molecule has 2 aromatic heterocycles. The minimum absolute atomic E-state index is 0.0191. The monoisotopic (exact) mass is 391 g/mol. The van der Waals surface area contributed by atoms with Crippen molar-refractivity contribution in [2.75, 3.05) is 25.4 Å². The van der Waals surface area contributed by atoms with Gasteiger partial charge in [0.15, 0.2) is 12.4 Å². The topological polar surface area (TPSA) is 94.6 Å². The molecule has 0 atom stereocenters. The number of carbonyl (C=O) groups excluding carboxylic acids is 3. The number of esters is 1. The molecule has 0 spiro atoms. The first-order valence-corrected chi connectivity index (χ1v) is 9.58. The Hall–Kier alpha value is -2.55. The average molecular weight is 391 g/mol. The molecule has 0 aliphatic carbocycles. The molecule has 1 fully saturated rings. The molecule has 0 bridgehead atoms. The number of hydrogen-bond acceptors (Lipinski definition) is 7. The van der Waals surface area contributed by atoms with Gasteiger partial charge >= 0.3 is 5.97 Å². The summed E-state index contributed by atoms with van der Waals surface area (Å²) in [5.41, 5.74) is 2.02. The van der Waals surface area contributed by atoms with Gasteiger partial charge in [0.2, 0.25) is 5.78 Å². The molecular weight excluding hydrogens is 370 g/mol. The zero-order valence-electron chi connectivity index (χ0n) is 15.5. The van der Waals surface area contributed by atoms with E-state index in [9.17, 15) is 14.4 Å². The lowest BCUT2D eigenvalue weighted by Gasteiger charge is -2.13. The maximum absolute atomic E-state index is 12.5. The molecule has 3 rings (SSSR count). The van der Waals surface area contributed by atoms with Crippen LogP contribution < -0.4 is 0 Å². The summed E-state index contributed by atoms with van der Waals surface area (Å²) in [6.45, 7) is 6.10. The van der Waals surface area contributed by atoms with Gasteiger partial charge in [-0.15, -0.1) is 0 Å². The second kappa shape index (κ2) is 7.99. The van der Waals surface area contributed by atoms with Crippen LogP contribution in [0.5, 0.6) is 0 Å². The van der Waals surface area contributed by atoms with Crippen molar-refractivity contribution in [2.45, 2.75) is 27.2 Å². The van der Waals surface area contributed by atoms with E-state index in [4.69, 9.17) is 9.26 Å². The molecule has 27 heavy (non-hydrogen) atoms. The number of hydrogen-bond donors (Lipinski definition) is 0. The Bertz CT molecular complexity index is 886. The van der Waals surface area contributed by atoms with Crippen molar-refractivity contribution >= 4 is 28.8 Å². The minimum atomic E-state index is -0.492. The third-order valence-electron chi connectivity index (χ3n) is 4.37. The summed E-state index contributed by atoms with van der Waals surface area (Å²) in [5, 5.41) is 3.96. The first-order valence-electron chi connectivity index (χ1n) is 8.60. The number of thioether (sulfide) groups is 1. The van der Waals surface area contributed by atoms with Crippen molar-refractivity contribution in [2.24, 2.45) is 0 Å². The van der Waals surface area contributed by atoms with Gasteiger partial charge in [0, 0.05) is 41.9 Å². The van der Waals surface area contributed by atoms with Crippen LogP contribution in [0.3, 0.4) is 0 Å². The molecule has 1 saturated heterocycles. The molecule has 0 N–H and O–H groups in total. The summed E-state index contributed by atoms with van der Waals surface area (Å²) >= 11 is 1.24. The predicted octanol–water partition coefficient (Wildman–Crippen LogP) is 2.68. The Morgan fingerprint density at radius 3 is 2.70 bits per heavy atom. The Labute approximate surface area is 160 Å². The highest BCUT2D eigenvalue weighted by Gasteiger charge is 2.23. The molecule has 8 nitrogen and oxygen atoms in total. The minimum Gasteiger partial charge on any atom is -0.457 e. The fraction of sp³-hybridized carbons (Fsp3) is 0.444. The second-order valence-electron chi connectivity index (χ2n) is 6.35. The Morgan fingerprint density at radius 1 is 1.30 bits per heavy atom. The van der Waals surface area contributed by atoms with Crippen LogP contribution in [0.2, 0.25) is 0 Å². The number of aromatic nitrogens is 2. The lowest BCUT2D eigenvalue weighted by Crippen LogP contribution is -2.27. The van der Waals surface area contributed by atoms with Crippen molar-refractivity contribution in [3.05, 3.63) is 34.8 Å². The van der Waals surface area contributed by atoms with Gasteiger partial charge in [0.05, 0.1) is 6.42 Å². The standard InChI is InChI=1S/C18H21N3O5S/c1-11-8-14(13(3)21(11)16-9-12(2)26-19-16)15(22)10-25-17(23)4-5-20-6-7-27-18(20)24/h8-9H,4-7,10H2,1-3H3. The van der Waals surface area contributed by atoms with Gasteiger partial charge in [-0.3, -0.25) is 19.0 Å². The van der Waals surface area contributed by atoms with Crippen LogP contribution in [0, 0.1) is 20.8 Å². The average Bonchev–Trinajstić information content (AvgIpc) is 3.30. The van der Waals surface area contributed by atoms with Gasteiger partial charge in [-0.2, -0.15) is 0 Å². The van der Waals surface area contributed by atoms with Crippen LogP contribution in [0.1, 0.15) is 33.9 Å². The molecule has 3 heterocycles. The van der Waals surface area contributed by atoms with E-state index in [0.29, 0.717) is 35.9 Å². The van der Waals surface area contributed by atoms with Crippen molar-refractivity contribution in [3.8, 4) is 5.82 Å². The van der Waals surface area contributed by atoms with Gasteiger partial charge in [0.1, 0.15) is 5.76 Å². The molecule has 9 heteroatoms. The maximum atomic E-state index is 12.5. The number of rotatable bonds is 7. The van der Waals surface area contributed by atoms with Gasteiger partial charge in [-0.25, -0.2) is 0 Å². The van der Waals surface area contributed by atoms with Crippen molar-refractivity contribution in [1.29, 1.82) is 0 Å². The molecular formula is C18H21N3O5S. The van der Waals surface area contributed by atoms with E-state index in [-0.39, 0.29) is 24.1 Å². The number of carbonyl (C=O) groups is 3. The highest BCUT2D eigenvalue weighted by atomic mass is 32.2. The molecule has 1 aliphatic rings. The largest absolute Gasteiger partial charge is 0.457 e. The zero-order chi connectivity index (χ0) is 19.6. The summed E-state index contributed by atoms with van der Waals surface area (Å²) in [5.74, 6) is 1.25. The Balaban J connectivity index is 1.58. The molecule has 0 radical (unpaired) electrons. The smallest absolute Gasteiger partial charge is 0.308 e. The van der Waals surface area contributed by atoms with Crippen LogP contribution in [0.25, 0.3) is 5.82 Å². The summed E-state index contributed by atoms with van der Waals surface area (Å²) in [4.78, 5) is 37.5. The van der Waals surface area contributed by atoms with E-state index in [2.05, 4.69) is 5.16 Å². The summed E-state index contributed by atoms with van der Waals surface area (Å²) < 4.78 is 12.0. The SMILES string of the molecule is Cc1cc(-n2c(C)cc(C(=O)COC(=O)CCN3CCSC3=O)c2C)no1. The molecule has 1 aliphatic heterocycles. The maximum Gasteiger partial charge on any atom is 0.308 e. The van der Waals surface area contributed by atoms with Gasteiger partial charge in [0.25, 0.3) is 5.24 Å². The normalized spacial score (nSPS) is 14.0. The summed E-state index contributed by atoms with van der Waals surface area (Å²) in [7, 11) is 0. The van der Waals surface area contributed by atoms with Crippen molar-refractivity contribution in [3.63, 3.8) is 0 Å². The van der Waals surface area contributed by atoms with E-state index < -0.39 is 5.97 Å². The number of amides is 1. The molecule has 0 saturated carbocycles. The number of nitrogens with zero attached hydrogens (tertiary/aromatic N) is 3. The van der Waals surface area contributed by atoms with E-state index >= 15 is 0 Å². The molecule has 144 valence electrons. The van der Waals surface area contributed by atoms with Gasteiger partial charge < -0.3 is 14.2 Å². The molecule has 2 aromatic rings. The molecule has 1 amide bonds. The van der Waals surface area contributed by atoms with Gasteiger partial charge in [-0.05, 0) is 26.8 Å². The zero-order valence-corrected chi connectivity index (χ0v) is 16.3. The van der Waals surface area contributed by atoms with Gasteiger partial charge in [-0.1, -0.05) is 16.9 Å². The highest BCUT2D eigenvalue weighted by Crippen LogP contribution is 2.21. The Morgan fingerprint density at radius 2 is 2.07 bits per heavy atom. The van der Waals surface area contributed by atoms with Crippen molar-refractivity contribution in [1.82, 2.24) is 14.6 Å². The summed E-state index contributed by atoms with van der Waals surface area (Å²) in [6, 6.07) is 3.53. The lowest BCUT2D eigenvalue weighted by atomic mass is 10.1. The third-order valence-corrected chi connectivity index (χ3v) is 5.26. The number of aryl methyl sites for hydroxylation is 2. The fourth-order valence-electron chi connectivity index (χ4n) is 3.01.